The Hall–Kier alpha value is -1.43. The Bertz CT molecular complexity index is 412. The Morgan fingerprint density at radius 1 is 1.10 bits per heavy atom. The summed E-state index contributed by atoms with van der Waals surface area (Å²) in [4.78, 5) is 13.4. The maximum Gasteiger partial charge on any atom is 0.336 e. The molecule has 0 unspecified atom stereocenters. The van der Waals surface area contributed by atoms with E-state index >= 15 is 0 Å². The first kappa shape index (κ1) is 17.6. The lowest BCUT2D eigenvalue weighted by Crippen LogP contribution is -2.31. The molecule has 0 saturated carbocycles. The molecule has 0 saturated heterocycles. The summed E-state index contributed by atoms with van der Waals surface area (Å²) in [5, 5.41) is 9.24. The first-order valence-electron chi connectivity index (χ1n) is 7.38. The van der Waals surface area contributed by atoms with Crippen molar-refractivity contribution in [2.24, 2.45) is 0 Å². The molecule has 0 amide bonds. The molecule has 1 aromatic rings. The van der Waals surface area contributed by atoms with Crippen LogP contribution in [0.1, 0.15) is 29.8 Å². The van der Waals surface area contributed by atoms with Crippen LogP contribution in [0.15, 0.2) is 24.3 Å². The topological polar surface area (TPSA) is 59.0 Å². The van der Waals surface area contributed by atoms with E-state index in [0.29, 0.717) is 38.5 Å². The Balaban J connectivity index is 2.67. The van der Waals surface area contributed by atoms with Gasteiger partial charge in [0.2, 0.25) is 0 Å². The molecule has 0 aliphatic carbocycles. The predicted molar refractivity (Wildman–Crippen MR) is 81.7 cm³/mol. The second-order valence-corrected chi connectivity index (χ2v) is 4.63. The molecule has 1 aromatic carbocycles. The molecule has 0 fully saturated rings. The zero-order valence-corrected chi connectivity index (χ0v) is 12.9. The zero-order chi connectivity index (χ0) is 15.5. The van der Waals surface area contributed by atoms with Crippen LogP contribution in [0.4, 0.5) is 0 Å². The van der Waals surface area contributed by atoms with Crippen molar-refractivity contribution in [3.63, 3.8) is 0 Å². The third kappa shape index (κ3) is 6.71. The first-order chi connectivity index (χ1) is 10.2. The number of carbonyl (C=O) groups is 1. The molecule has 0 radical (unpaired) electrons. The van der Waals surface area contributed by atoms with E-state index in [0.717, 1.165) is 18.7 Å². The lowest BCUT2D eigenvalue weighted by Gasteiger charge is -2.23. The van der Waals surface area contributed by atoms with Crippen LogP contribution in [0.25, 0.3) is 0 Å². The number of hydrogen-bond acceptors (Lipinski definition) is 4. The molecule has 1 N–H and O–H groups in total. The van der Waals surface area contributed by atoms with E-state index < -0.39 is 5.97 Å². The van der Waals surface area contributed by atoms with E-state index in [4.69, 9.17) is 9.47 Å². The van der Waals surface area contributed by atoms with Crippen molar-refractivity contribution in [2.45, 2.75) is 20.4 Å². The second-order valence-electron chi connectivity index (χ2n) is 4.63. The van der Waals surface area contributed by atoms with Gasteiger partial charge in [0.15, 0.2) is 0 Å². The Morgan fingerprint density at radius 2 is 1.67 bits per heavy atom. The van der Waals surface area contributed by atoms with Crippen molar-refractivity contribution >= 4 is 5.97 Å². The highest BCUT2D eigenvalue weighted by Crippen LogP contribution is 2.12. The highest BCUT2D eigenvalue weighted by atomic mass is 16.5. The molecular weight excluding hydrogens is 270 g/mol. The molecule has 21 heavy (non-hydrogen) atoms. The van der Waals surface area contributed by atoms with Gasteiger partial charge in [0.05, 0.1) is 18.8 Å². The number of nitrogens with zero attached hydrogens (tertiary/aromatic N) is 1. The summed E-state index contributed by atoms with van der Waals surface area (Å²) < 4.78 is 10.8. The SMILES string of the molecule is CCOCCN(CCOCC)Cc1ccccc1C(=O)O. The third-order valence-corrected chi connectivity index (χ3v) is 3.15. The first-order valence-corrected chi connectivity index (χ1v) is 7.38. The van der Waals surface area contributed by atoms with Crippen molar-refractivity contribution in [1.29, 1.82) is 0 Å². The number of ether oxygens (including phenoxy) is 2. The van der Waals surface area contributed by atoms with Crippen molar-refractivity contribution in [3.05, 3.63) is 35.4 Å². The van der Waals surface area contributed by atoms with Crippen LogP contribution in [0.5, 0.6) is 0 Å². The number of carboxylic acid groups (broad SMARTS) is 1. The maximum absolute atomic E-state index is 11.3. The van der Waals surface area contributed by atoms with Gasteiger partial charge >= 0.3 is 5.97 Å². The molecule has 0 heterocycles. The van der Waals surface area contributed by atoms with Crippen LogP contribution < -0.4 is 0 Å². The van der Waals surface area contributed by atoms with E-state index in [9.17, 15) is 9.90 Å². The molecular formula is C16H25NO4. The summed E-state index contributed by atoms with van der Waals surface area (Å²) in [6, 6.07) is 7.11. The molecule has 5 heteroatoms. The van der Waals surface area contributed by atoms with E-state index in [2.05, 4.69) is 4.90 Å². The summed E-state index contributed by atoms with van der Waals surface area (Å²) >= 11 is 0. The smallest absolute Gasteiger partial charge is 0.336 e. The van der Waals surface area contributed by atoms with Crippen LogP contribution in [-0.4, -0.2) is 55.5 Å². The fourth-order valence-electron chi connectivity index (χ4n) is 2.05. The highest BCUT2D eigenvalue weighted by molar-refractivity contribution is 5.89. The largest absolute Gasteiger partial charge is 0.478 e. The van der Waals surface area contributed by atoms with Gasteiger partial charge in [-0.25, -0.2) is 4.79 Å². The lowest BCUT2D eigenvalue weighted by molar-refractivity contribution is 0.0689. The van der Waals surface area contributed by atoms with Gasteiger partial charge in [0, 0.05) is 32.8 Å². The normalized spacial score (nSPS) is 11.0. The summed E-state index contributed by atoms with van der Waals surface area (Å²) in [6.07, 6.45) is 0. The monoisotopic (exact) mass is 295 g/mol. The van der Waals surface area contributed by atoms with Crippen molar-refractivity contribution in [2.75, 3.05) is 39.5 Å². The summed E-state index contributed by atoms with van der Waals surface area (Å²) in [7, 11) is 0. The van der Waals surface area contributed by atoms with E-state index in [-0.39, 0.29) is 0 Å². The van der Waals surface area contributed by atoms with Gasteiger partial charge in [0.1, 0.15) is 0 Å². The van der Waals surface area contributed by atoms with Gasteiger partial charge in [-0.2, -0.15) is 0 Å². The molecule has 0 aliphatic rings. The quantitative estimate of drug-likeness (QED) is 0.635. The number of aromatic carboxylic acids is 1. The standard InChI is InChI=1S/C16H25NO4/c1-3-20-11-9-17(10-12-21-4-2)13-14-7-5-6-8-15(14)16(18)19/h5-8H,3-4,9-13H2,1-2H3,(H,18,19). The minimum Gasteiger partial charge on any atom is -0.478 e. The van der Waals surface area contributed by atoms with Crippen LogP contribution in [0, 0.1) is 0 Å². The van der Waals surface area contributed by atoms with Crippen LogP contribution in [-0.2, 0) is 16.0 Å². The van der Waals surface area contributed by atoms with Gasteiger partial charge in [-0.05, 0) is 25.5 Å². The van der Waals surface area contributed by atoms with E-state index in [1.807, 2.05) is 26.0 Å². The number of benzene rings is 1. The van der Waals surface area contributed by atoms with Crippen molar-refractivity contribution in [1.82, 2.24) is 4.90 Å². The second kappa shape index (κ2) is 10.3. The van der Waals surface area contributed by atoms with Gasteiger partial charge in [-0.15, -0.1) is 0 Å². The van der Waals surface area contributed by atoms with E-state index in [1.54, 1.807) is 12.1 Å². The van der Waals surface area contributed by atoms with Gasteiger partial charge in [-0.3, -0.25) is 4.90 Å². The summed E-state index contributed by atoms with van der Waals surface area (Å²) in [6.45, 7) is 8.67. The number of hydrogen-bond donors (Lipinski definition) is 1. The van der Waals surface area contributed by atoms with Gasteiger partial charge in [0.25, 0.3) is 0 Å². The maximum atomic E-state index is 11.3. The molecule has 0 bridgehead atoms. The highest BCUT2D eigenvalue weighted by Gasteiger charge is 2.13. The van der Waals surface area contributed by atoms with Crippen LogP contribution in [0.3, 0.4) is 0 Å². The zero-order valence-electron chi connectivity index (χ0n) is 12.9. The van der Waals surface area contributed by atoms with Crippen molar-refractivity contribution < 1.29 is 19.4 Å². The predicted octanol–water partition coefficient (Wildman–Crippen LogP) is 2.26. The van der Waals surface area contributed by atoms with Gasteiger partial charge < -0.3 is 14.6 Å². The molecule has 1 rings (SSSR count). The van der Waals surface area contributed by atoms with Crippen molar-refractivity contribution in [3.8, 4) is 0 Å². The minimum absolute atomic E-state index is 0.357. The molecule has 0 aliphatic heterocycles. The lowest BCUT2D eigenvalue weighted by atomic mass is 10.1. The molecule has 5 nitrogen and oxygen atoms in total. The molecule has 0 aromatic heterocycles. The Labute approximate surface area is 126 Å². The fourth-order valence-corrected chi connectivity index (χ4v) is 2.05. The minimum atomic E-state index is -0.889. The summed E-state index contributed by atoms with van der Waals surface area (Å²) in [5.41, 5.74) is 1.17. The molecule has 0 spiro atoms. The average molecular weight is 295 g/mol. The number of rotatable bonds is 11. The average Bonchev–Trinajstić information content (AvgIpc) is 2.48. The molecule has 118 valence electrons. The Morgan fingerprint density at radius 3 is 2.19 bits per heavy atom. The van der Waals surface area contributed by atoms with Crippen LogP contribution in [0.2, 0.25) is 0 Å². The Kier molecular flexibility index (Phi) is 8.66. The van der Waals surface area contributed by atoms with E-state index in [1.165, 1.54) is 0 Å². The third-order valence-electron chi connectivity index (χ3n) is 3.15. The summed E-state index contributed by atoms with van der Waals surface area (Å²) in [5.74, 6) is -0.889. The van der Waals surface area contributed by atoms with Gasteiger partial charge in [-0.1, -0.05) is 18.2 Å². The number of carboxylic acids is 1. The van der Waals surface area contributed by atoms with Crippen LogP contribution >= 0.6 is 0 Å². The molecule has 0 atom stereocenters. The fraction of sp³-hybridized carbons (Fsp3) is 0.562.